The molecule has 1 aliphatic rings. The SMILES string of the molecule is Cc1ccc(NC(=O)CN2C(=O)SC(=Cc3cc(C)n(C)c3C)C2=O)cc1C. The number of aryl methyl sites for hydroxylation is 3. The number of rotatable bonds is 4. The maximum absolute atomic E-state index is 12.6. The van der Waals surface area contributed by atoms with Gasteiger partial charge in [-0.2, -0.15) is 0 Å². The molecule has 6 nitrogen and oxygen atoms in total. The van der Waals surface area contributed by atoms with Gasteiger partial charge in [-0.1, -0.05) is 6.07 Å². The van der Waals surface area contributed by atoms with Gasteiger partial charge in [0.1, 0.15) is 6.54 Å². The lowest BCUT2D eigenvalue weighted by Gasteiger charge is -2.13. The van der Waals surface area contributed by atoms with E-state index < -0.39 is 17.1 Å². The molecule has 1 aromatic carbocycles. The Morgan fingerprint density at radius 3 is 2.43 bits per heavy atom. The summed E-state index contributed by atoms with van der Waals surface area (Å²) in [5, 5.41) is 2.31. The Hall–Kier alpha value is -2.80. The molecule has 7 heteroatoms. The number of thioether (sulfide) groups is 1. The topological polar surface area (TPSA) is 71.4 Å². The fourth-order valence-electron chi connectivity index (χ4n) is 2.97. The summed E-state index contributed by atoms with van der Waals surface area (Å²) < 4.78 is 2.02. The molecular formula is C21H23N3O3S. The maximum Gasteiger partial charge on any atom is 0.294 e. The summed E-state index contributed by atoms with van der Waals surface area (Å²) in [4.78, 5) is 38.6. The van der Waals surface area contributed by atoms with Crippen molar-refractivity contribution in [2.24, 2.45) is 7.05 Å². The summed E-state index contributed by atoms with van der Waals surface area (Å²) in [5.41, 5.74) is 5.80. The van der Waals surface area contributed by atoms with Gasteiger partial charge in [-0.05, 0) is 80.4 Å². The van der Waals surface area contributed by atoms with Crippen LogP contribution in [0.15, 0.2) is 29.2 Å². The largest absolute Gasteiger partial charge is 0.352 e. The molecule has 3 rings (SSSR count). The number of carbonyl (C=O) groups is 3. The molecule has 2 heterocycles. The average Bonchev–Trinajstić information content (AvgIpc) is 3.03. The second kappa shape index (κ2) is 7.67. The van der Waals surface area contributed by atoms with Crippen molar-refractivity contribution in [2.75, 3.05) is 11.9 Å². The van der Waals surface area contributed by atoms with Crippen molar-refractivity contribution in [3.63, 3.8) is 0 Å². The Labute approximate surface area is 168 Å². The van der Waals surface area contributed by atoms with Crippen LogP contribution in [-0.4, -0.2) is 33.1 Å². The summed E-state index contributed by atoms with van der Waals surface area (Å²) in [6.45, 7) is 7.58. The maximum atomic E-state index is 12.6. The molecular weight excluding hydrogens is 374 g/mol. The van der Waals surface area contributed by atoms with Crippen LogP contribution < -0.4 is 5.32 Å². The minimum atomic E-state index is -0.439. The van der Waals surface area contributed by atoms with E-state index in [1.807, 2.05) is 57.5 Å². The summed E-state index contributed by atoms with van der Waals surface area (Å²) in [7, 11) is 1.95. The summed E-state index contributed by atoms with van der Waals surface area (Å²) in [6.07, 6.45) is 1.72. The normalized spacial score (nSPS) is 15.6. The van der Waals surface area contributed by atoms with Gasteiger partial charge in [0.15, 0.2) is 0 Å². The number of carbonyl (C=O) groups excluding carboxylic acids is 3. The summed E-state index contributed by atoms with van der Waals surface area (Å²) in [6, 6.07) is 7.55. The molecule has 0 radical (unpaired) electrons. The van der Waals surface area contributed by atoms with E-state index >= 15 is 0 Å². The fourth-order valence-corrected chi connectivity index (χ4v) is 3.80. The van der Waals surface area contributed by atoms with E-state index in [-0.39, 0.29) is 6.54 Å². The van der Waals surface area contributed by atoms with E-state index in [2.05, 4.69) is 5.32 Å². The Morgan fingerprint density at radius 2 is 1.82 bits per heavy atom. The molecule has 0 atom stereocenters. The number of hydrogen-bond acceptors (Lipinski definition) is 4. The monoisotopic (exact) mass is 397 g/mol. The molecule has 1 fully saturated rings. The number of nitrogens with zero attached hydrogens (tertiary/aromatic N) is 2. The molecule has 0 bridgehead atoms. The highest BCUT2D eigenvalue weighted by Crippen LogP contribution is 2.33. The van der Waals surface area contributed by atoms with E-state index in [1.54, 1.807) is 12.1 Å². The number of anilines is 1. The highest BCUT2D eigenvalue weighted by Gasteiger charge is 2.36. The van der Waals surface area contributed by atoms with Crippen LogP contribution in [0.2, 0.25) is 0 Å². The van der Waals surface area contributed by atoms with Crippen LogP contribution >= 0.6 is 11.8 Å². The molecule has 146 valence electrons. The average molecular weight is 398 g/mol. The molecule has 0 spiro atoms. The third-order valence-electron chi connectivity index (χ3n) is 5.07. The minimum Gasteiger partial charge on any atom is -0.352 e. The van der Waals surface area contributed by atoms with E-state index in [4.69, 9.17) is 0 Å². The van der Waals surface area contributed by atoms with Crippen LogP contribution in [-0.2, 0) is 16.6 Å². The Bertz CT molecular complexity index is 1020. The van der Waals surface area contributed by atoms with Gasteiger partial charge in [-0.25, -0.2) is 0 Å². The number of nitrogens with one attached hydrogen (secondary N) is 1. The molecule has 1 aliphatic heterocycles. The fraction of sp³-hybridized carbons (Fsp3) is 0.286. The third-order valence-corrected chi connectivity index (χ3v) is 5.97. The summed E-state index contributed by atoms with van der Waals surface area (Å²) in [5.74, 6) is -0.843. The van der Waals surface area contributed by atoms with Crippen molar-refractivity contribution in [1.29, 1.82) is 0 Å². The zero-order chi connectivity index (χ0) is 20.6. The van der Waals surface area contributed by atoms with E-state index in [9.17, 15) is 14.4 Å². The van der Waals surface area contributed by atoms with E-state index in [0.717, 1.165) is 44.7 Å². The van der Waals surface area contributed by atoms with Crippen molar-refractivity contribution < 1.29 is 14.4 Å². The van der Waals surface area contributed by atoms with Crippen molar-refractivity contribution in [2.45, 2.75) is 27.7 Å². The quantitative estimate of drug-likeness (QED) is 0.794. The molecule has 0 unspecified atom stereocenters. The van der Waals surface area contributed by atoms with Gasteiger partial charge in [0.2, 0.25) is 5.91 Å². The van der Waals surface area contributed by atoms with Crippen molar-refractivity contribution in [3.8, 4) is 0 Å². The Balaban J connectivity index is 1.72. The predicted molar refractivity (Wildman–Crippen MR) is 112 cm³/mol. The summed E-state index contributed by atoms with van der Waals surface area (Å²) >= 11 is 0.862. The van der Waals surface area contributed by atoms with Gasteiger partial charge in [0, 0.05) is 24.1 Å². The molecule has 28 heavy (non-hydrogen) atoms. The smallest absolute Gasteiger partial charge is 0.294 e. The van der Waals surface area contributed by atoms with Crippen LogP contribution in [0.4, 0.5) is 10.5 Å². The molecule has 2 aromatic rings. The van der Waals surface area contributed by atoms with Crippen molar-refractivity contribution in [1.82, 2.24) is 9.47 Å². The first-order chi connectivity index (χ1) is 13.2. The van der Waals surface area contributed by atoms with Gasteiger partial charge in [0.05, 0.1) is 4.91 Å². The number of aromatic nitrogens is 1. The number of amides is 3. The van der Waals surface area contributed by atoms with Gasteiger partial charge in [-0.3, -0.25) is 19.3 Å². The molecule has 0 aliphatic carbocycles. The highest BCUT2D eigenvalue weighted by molar-refractivity contribution is 8.18. The zero-order valence-electron chi connectivity index (χ0n) is 16.6. The number of imide groups is 1. The number of benzene rings is 1. The zero-order valence-corrected chi connectivity index (χ0v) is 17.4. The number of hydrogen-bond donors (Lipinski definition) is 1. The lowest BCUT2D eigenvalue weighted by atomic mass is 10.1. The van der Waals surface area contributed by atoms with Crippen LogP contribution in [0.5, 0.6) is 0 Å². The minimum absolute atomic E-state index is 0.304. The van der Waals surface area contributed by atoms with Gasteiger partial charge >= 0.3 is 0 Å². The Kier molecular flexibility index (Phi) is 5.47. The molecule has 1 saturated heterocycles. The Morgan fingerprint density at radius 1 is 1.11 bits per heavy atom. The van der Waals surface area contributed by atoms with Crippen LogP contribution in [0.1, 0.15) is 28.1 Å². The van der Waals surface area contributed by atoms with Crippen LogP contribution in [0, 0.1) is 27.7 Å². The molecule has 1 aromatic heterocycles. The van der Waals surface area contributed by atoms with Crippen molar-refractivity contribution >= 4 is 40.6 Å². The molecule has 1 N–H and O–H groups in total. The van der Waals surface area contributed by atoms with Gasteiger partial charge in [-0.15, -0.1) is 0 Å². The van der Waals surface area contributed by atoms with Crippen LogP contribution in [0.25, 0.3) is 6.08 Å². The first kappa shape index (κ1) is 19.9. The first-order valence-electron chi connectivity index (χ1n) is 8.92. The lowest BCUT2D eigenvalue weighted by Crippen LogP contribution is -2.36. The van der Waals surface area contributed by atoms with Gasteiger partial charge in [0.25, 0.3) is 11.1 Å². The predicted octanol–water partition coefficient (Wildman–Crippen LogP) is 3.93. The molecule has 0 saturated carbocycles. The third kappa shape index (κ3) is 3.89. The molecule has 3 amide bonds. The highest BCUT2D eigenvalue weighted by atomic mass is 32.2. The standard InChI is InChI=1S/C21H23N3O3S/c1-12-6-7-17(8-13(12)2)22-19(25)11-24-20(26)18(28-21(24)27)10-16-9-14(3)23(5)15(16)4/h6-10H,11H2,1-5H3,(H,22,25). The van der Waals surface area contributed by atoms with Gasteiger partial charge < -0.3 is 9.88 Å². The first-order valence-corrected chi connectivity index (χ1v) is 9.74. The van der Waals surface area contributed by atoms with E-state index in [1.165, 1.54) is 0 Å². The van der Waals surface area contributed by atoms with Crippen molar-refractivity contribution in [3.05, 3.63) is 57.2 Å². The second-order valence-corrected chi connectivity index (χ2v) is 7.99. The second-order valence-electron chi connectivity index (χ2n) is 7.00. The lowest BCUT2D eigenvalue weighted by molar-refractivity contribution is -0.127. The van der Waals surface area contributed by atoms with E-state index in [0.29, 0.717) is 10.6 Å². The van der Waals surface area contributed by atoms with Crippen LogP contribution in [0.3, 0.4) is 0 Å².